The standard InChI is InChI=1S/C15H28N2O3/c1-16(2)14(18)12-17-8-6-15(7-9-17)13(4-10-19-3)5-11-20-15/h13H,4-12H2,1-3H3. The Hall–Kier alpha value is -0.650. The van der Waals surface area contributed by atoms with Crippen LogP contribution in [0.5, 0.6) is 0 Å². The number of carbonyl (C=O) groups is 1. The molecule has 116 valence electrons. The fourth-order valence-electron chi connectivity index (χ4n) is 3.43. The second-order valence-electron chi connectivity index (χ2n) is 6.24. The zero-order chi connectivity index (χ0) is 14.6. The van der Waals surface area contributed by atoms with Crippen LogP contribution in [0.3, 0.4) is 0 Å². The number of hydrogen-bond donors (Lipinski definition) is 0. The number of carbonyl (C=O) groups excluding carboxylic acids is 1. The van der Waals surface area contributed by atoms with Gasteiger partial charge in [-0.15, -0.1) is 0 Å². The van der Waals surface area contributed by atoms with Crippen molar-refractivity contribution in [1.82, 2.24) is 9.80 Å². The third-order valence-electron chi connectivity index (χ3n) is 4.83. The van der Waals surface area contributed by atoms with E-state index in [0.29, 0.717) is 12.5 Å². The predicted molar refractivity (Wildman–Crippen MR) is 77.7 cm³/mol. The van der Waals surface area contributed by atoms with Crippen molar-refractivity contribution in [2.75, 3.05) is 54.1 Å². The van der Waals surface area contributed by atoms with Crippen LogP contribution in [0.2, 0.25) is 0 Å². The number of ether oxygens (including phenoxy) is 2. The van der Waals surface area contributed by atoms with Crippen LogP contribution in [-0.2, 0) is 14.3 Å². The van der Waals surface area contributed by atoms with E-state index in [1.165, 1.54) is 0 Å². The number of likely N-dealkylation sites (N-methyl/N-ethyl adjacent to an activating group) is 1. The summed E-state index contributed by atoms with van der Waals surface area (Å²) in [5.74, 6) is 0.804. The zero-order valence-corrected chi connectivity index (χ0v) is 13.1. The highest BCUT2D eigenvalue weighted by Gasteiger charge is 2.45. The number of hydrogen-bond acceptors (Lipinski definition) is 4. The van der Waals surface area contributed by atoms with Crippen molar-refractivity contribution in [3.8, 4) is 0 Å². The molecule has 2 rings (SSSR count). The van der Waals surface area contributed by atoms with Gasteiger partial charge in [0, 0.05) is 47.5 Å². The summed E-state index contributed by atoms with van der Waals surface area (Å²) in [5, 5.41) is 0. The third kappa shape index (κ3) is 3.51. The van der Waals surface area contributed by atoms with Crippen LogP contribution in [0.15, 0.2) is 0 Å². The molecular formula is C15H28N2O3. The van der Waals surface area contributed by atoms with Gasteiger partial charge < -0.3 is 14.4 Å². The van der Waals surface area contributed by atoms with Crippen molar-refractivity contribution < 1.29 is 14.3 Å². The Morgan fingerprint density at radius 3 is 2.70 bits per heavy atom. The summed E-state index contributed by atoms with van der Waals surface area (Å²) in [6.07, 6.45) is 4.33. The quantitative estimate of drug-likeness (QED) is 0.755. The Kier molecular flexibility index (Phi) is 5.41. The van der Waals surface area contributed by atoms with Gasteiger partial charge in [0.2, 0.25) is 5.91 Å². The summed E-state index contributed by atoms with van der Waals surface area (Å²) >= 11 is 0. The van der Waals surface area contributed by atoms with Gasteiger partial charge >= 0.3 is 0 Å². The minimum absolute atomic E-state index is 0.0518. The summed E-state index contributed by atoms with van der Waals surface area (Å²) < 4.78 is 11.3. The highest BCUT2D eigenvalue weighted by Crippen LogP contribution is 2.42. The molecule has 2 saturated heterocycles. The maximum Gasteiger partial charge on any atom is 0.236 e. The largest absolute Gasteiger partial charge is 0.385 e. The van der Waals surface area contributed by atoms with Crippen LogP contribution in [0.1, 0.15) is 25.7 Å². The van der Waals surface area contributed by atoms with E-state index in [-0.39, 0.29) is 11.5 Å². The lowest BCUT2D eigenvalue weighted by atomic mass is 9.78. The Labute approximate surface area is 122 Å². The molecule has 0 aromatic rings. The second kappa shape index (κ2) is 6.87. The molecule has 5 nitrogen and oxygen atoms in total. The van der Waals surface area contributed by atoms with Gasteiger partial charge in [-0.2, -0.15) is 0 Å². The summed E-state index contributed by atoms with van der Waals surface area (Å²) in [6, 6.07) is 0. The molecule has 0 aromatic heterocycles. The molecule has 1 unspecified atom stereocenters. The number of piperidine rings is 1. The number of rotatable bonds is 5. The highest BCUT2D eigenvalue weighted by molar-refractivity contribution is 5.77. The Morgan fingerprint density at radius 2 is 2.10 bits per heavy atom. The van der Waals surface area contributed by atoms with Gasteiger partial charge in [-0.25, -0.2) is 0 Å². The molecule has 2 aliphatic heterocycles. The van der Waals surface area contributed by atoms with E-state index in [9.17, 15) is 4.79 Å². The van der Waals surface area contributed by atoms with Gasteiger partial charge in [-0.05, 0) is 31.6 Å². The van der Waals surface area contributed by atoms with Gasteiger partial charge in [-0.1, -0.05) is 0 Å². The lowest BCUT2D eigenvalue weighted by Crippen LogP contribution is -2.50. The first-order valence-corrected chi connectivity index (χ1v) is 7.63. The fraction of sp³-hybridized carbons (Fsp3) is 0.933. The molecule has 0 saturated carbocycles. The number of likely N-dealkylation sites (tertiary alicyclic amines) is 1. The van der Waals surface area contributed by atoms with E-state index >= 15 is 0 Å². The first kappa shape index (κ1) is 15.7. The fourth-order valence-corrected chi connectivity index (χ4v) is 3.43. The molecule has 0 bridgehead atoms. The Morgan fingerprint density at radius 1 is 1.40 bits per heavy atom. The first-order valence-electron chi connectivity index (χ1n) is 7.63. The molecule has 0 aromatic carbocycles. The van der Waals surface area contributed by atoms with Crippen molar-refractivity contribution in [2.24, 2.45) is 5.92 Å². The molecule has 20 heavy (non-hydrogen) atoms. The molecule has 0 radical (unpaired) electrons. The van der Waals surface area contributed by atoms with E-state index in [1.807, 2.05) is 14.1 Å². The third-order valence-corrected chi connectivity index (χ3v) is 4.83. The van der Waals surface area contributed by atoms with Gasteiger partial charge in [0.05, 0.1) is 12.1 Å². The van der Waals surface area contributed by atoms with Crippen molar-refractivity contribution in [3.05, 3.63) is 0 Å². The monoisotopic (exact) mass is 284 g/mol. The lowest BCUT2D eigenvalue weighted by molar-refractivity contribution is -0.131. The van der Waals surface area contributed by atoms with Crippen molar-refractivity contribution >= 4 is 5.91 Å². The molecule has 5 heteroatoms. The van der Waals surface area contributed by atoms with Crippen molar-refractivity contribution in [1.29, 1.82) is 0 Å². The Balaban J connectivity index is 1.84. The van der Waals surface area contributed by atoms with Gasteiger partial charge in [0.1, 0.15) is 0 Å². The second-order valence-corrected chi connectivity index (χ2v) is 6.24. The summed E-state index contributed by atoms with van der Waals surface area (Å²) in [7, 11) is 5.39. The number of methoxy groups -OCH3 is 1. The van der Waals surface area contributed by atoms with E-state index in [4.69, 9.17) is 9.47 Å². The summed E-state index contributed by atoms with van der Waals surface area (Å²) in [6.45, 7) is 4.15. The van der Waals surface area contributed by atoms with Crippen LogP contribution in [-0.4, -0.2) is 75.4 Å². The zero-order valence-electron chi connectivity index (χ0n) is 13.1. The molecule has 2 fully saturated rings. The highest BCUT2D eigenvalue weighted by atomic mass is 16.5. The molecule has 1 spiro atoms. The van der Waals surface area contributed by atoms with E-state index in [1.54, 1.807) is 12.0 Å². The number of amides is 1. The average molecular weight is 284 g/mol. The minimum Gasteiger partial charge on any atom is -0.385 e. The predicted octanol–water partition coefficient (Wildman–Crippen LogP) is 0.982. The average Bonchev–Trinajstić information content (AvgIpc) is 2.81. The van der Waals surface area contributed by atoms with Crippen molar-refractivity contribution in [2.45, 2.75) is 31.3 Å². The molecule has 0 aliphatic carbocycles. The van der Waals surface area contributed by atoms with Crippen LogP contribution in [0, 0.1) is 5.92 Å². The number of nitrogens with zero attached hydrogens (tertiary/aromatic N) is 2. The minimum atomic E-state index is 0.0518. The van der Waals surface area contributed by atoms with Crippen LogP contribution >= 0.6 is 0 Å². The molecule has 2 heterocycles. The SMILES string of the molecule is COCCC1CCOC12CCN(CC(=O)N(C)C)CC2. The van der Waals surface area contributed by atoms with Crippen LogP contribution < -0.4 is 0 Å². The van der Waals surface area contributed by atoms with E-state index < -0.39 is 0 Å². The van der Waals surface area contributed by atoms with E-state index in [0.717, 1.165) is 52.0 Å². The normalized spacial score (nSPS) is 26.1. The summed E-state index contributed by atoms with van der Waals surface area (Å²) in [4.78, 5) is 15.7. The topological polar surface area (TPSA) is 42.0 Å². The summed E-state index contributed by atoms with van der Waals surface area (Å²) in [5.41, 5.74) is 0.0518. The van der Waals surface area contributed by atoms with Crippen LogP contribution in [0.4, 0.5) is 0 Å². The molecule has 0 N–H and O–H groups in total. The molecular weight excluding hydrogens is 256 g/mol. The van der Waals surface area contributed by atoms with Crippen LogP contribution in [0.25, 0.3) is 0 Å². The smallest absolute Gasteiger partial charge is 0.236 e. The maximum atomic E-state index is 11.8. The lowest BCUT2D eigenvalue weighted by Gasteiger charge is -2.42. The van der Waals surface area contributed by atoms with Gasteiger partial charge in [-0.3, -0.25) is 9.69 Å². The first-order chi connectivity index (χ1) is 9.57. The molecule has 2 aliphatic rings. The van der Waals surface area contributed by atoms with Gasteiger partial charge in [0.25, 0.3) is 0 Å². The maximum absolute atomic E-state index is 11.8. The molecule has 1 amide bonds. The van der Waals surface area contributed by atoms with Gasteiger partial charge in [0.15, 0.2) is 0 Å². The van der Waals surface area contributed by atoms with E-state index in [2.05, 4.69) is 4.90 Å². The van der Waals surface area contributed by atoms with Crippen molar-refractivity contribution in [3.63, 3.8) is 0 Å². The molecule has 1 atom stereocenters. The Bertz CT molecular complexity index is 325.